The molecule has 10 aromatic rings. The van der Waals surface area contributed by atoms with Gasteiger partial charge in [0.25, 0.3) is 43.2 Å². The molecule has 0 spiro atoms. The van der Waals surface area contributed by atoms with Gasteiger partial charge in [-0.2, -0.15) is 0 Å². The minimum Gasteiger partial charge on any atom is -0.395 e. The number of hydrogen-bond donors (Lipinski definition) is 5. The van der Waals surface area contributed by atoms with Gasteiger partial charge in [0.2, 0.25) is 0 Å². The summed E-state index contributed by atoms with van der Waals surface area (Å²) in [4.78, 5) is 83.2. The fraction of sp³-hybridized carbons (Fsp3) is 0.414. The van der Waals surface area contributed by atoms with Crippen molar-refractivity contribution in [3.63, 3.8) is 0 Å². The predicted octanol–water partition coefficient (Wildman–Crippen LogP) is 18.4. The topological polar surface area (TPSA) is 319 Å². The largest absolute Gasteiger partial charge is 0.395 e. The number of carbonyl (C=O) groups is 2. The molecule has 4 fully saturated rings. The molecule has 5 N–H and O–H groups in total. The van der Waals surface area contributed by atoms with Crippen LogP contribution in [-0.4, -0.2) is 258 Å². The summed E-state index contributed by atoms with van der Waals surface area (Å²) >= 11 is 15.2. The molecule has 34 heteroatoms. The highest BCUT2D eigenvalue weighted by Crippen LogP contribution is 2.48. The van der Waals surface area contributed by atoms with E-state index in [4.69, 9.17) is 27.9 Å². The maximum atomic E-state index is 14.1. The number of nitrogens with one attached hydrogen (secondary N) is 4. The number of sulfonamides is 2. The Morgan fingerprint density at radius 2 is 0.940 bits per heavy atom. The number of nitro groups is 2. The number of benzene rings is 6. The second-order valence-electron chi connectivity index (χ2n) is 38.3. The molecule has 6 aliphatic rings. The van der Waals surface area contributed by atoms with Crippen LogP contribution in [-0.2, 0) is 37.6 Å². The van der Waals surface area contributed by atoms with E-state index in [0.29, 0.717) is 46.8 Å². The molecular weight excluding hydrogens is 1840 g/mol. The molecular formula is C99H120Cl2N14O12P2S4. The van der Waals surface area contributed by atoms with Crippen molar-refractivity contribution in [2.45, 2.75) is 133 Å². The summed E-state index contributed by atoms with van der Waals surface area (Å²) in [7, 11) is -7.41. The molecule has 4 aliphatic heterocycles. The first-order chi connectivity index (χ1) is 63.4. The zero-order valence-corrected chi connectivity index (χ0v) is 83.2. The number of methoxy groups -OCH3 is 1. The number of halogens is 2. The summed E-state index contributed by atoms with van der Waals surface area (Å²) in [6, 6.07) is 42.6. The predicted molar refractivity (Wildman–Crippen MR) is 544 cm³/mol. The van der Waals surface area contributed by atoms with Crippen LogP contribution in [0.4, 0.5) is 22.7 Å². The van der Waals surface area contributed by atoms with Crippen LogP contribution in [0.15, 0.2) is 211 Å². The lowest BCUT2D eigenvalue weighted by atomic mass is 9.72. The van der Waals surface area contributed by atoms with Crippen LogP contribution in [0.5, 0.6) is 0 Å². The molecule has 0 radical (unpaired) electrons. The van der Waals surface area contributed by atoms with E-state index in [1.165, 1.54) is 81.2 Å². The zero-order valence-electron chi connectivity index (χ0n) is 76.6. The zero-order chi connectivity index (χ0) is 94.3. The Labute approximate surface area is 799 Å². The number of ether oxygens (including phenoxy) is 1. The number of nitro benzene ring substituents is 2. The van der Waals surface area contributed by atoms with Gasteiger partial charge in [0.05, 0.1) is 44.0 Å². The van der Waals surface area contributed by atoms with Gasteiger partial charge in [0, 0.05) is 211 Å². The van der Waals surface area contributed by atoms with E-state index >= 15 is 0 Å². The lowest BCUT2D eigenvalue weighted by molar-refractivity contribution is -0.385. The number of aliphatic hydroxyl groups excluding tert-OH is 1. The Bertz CT molecular complexity index is 6370. The first-order valence-corrected chi connectivity index (χ1v) is 56.4. The molecule has 6 aromatic carbocycles. The number of nitrogens with zero attached hydrogens (tertiary/aromatic N) is 10. The number of aryl methyl sites for hydroxylation is 2. The van der Waals surface area contributed by atoms with Gasteiger partial charge in [-0.15, -0.1) is 26.4 Å². The van der Waals surface area contributed by atoms with Crippen LogP contribution in [0, 0.1) is 31.1 Å². The molecule has 2 atom stereocenters. The number of carbonyl (C=O) groups excluding carboxylic acids is 2. The van der Waals surface area contributed by atoms with Crippen molar-refractivity contribution in [1.82, 2.24) is 49.0 Å². The maximum Gasteiger partial charge on any atom is 0.273 e. The highest BCUT2D eigenvalue weighted by molar-refractivity contribution is 7.99. The highest BCUT2D eigenvalue weighted by atomic mass is 35.5. The normalized spacial score (nSPS) is 18.6. The first-order valence-electron chi connectivity index (χ1n) is 45.4. The van der Waals surface area contributed by atoms with E-state index in [2.05, 4.69) is 137 Å². The maximum absolute atomic E-state index is 14.1. The number of pyridine rings is 2. The van der Waals surface area contributed by atoms with Crippen molar-refractivity contribution < 1.29 is 46.1 Å². The third-order valence-corrected chi connectivity index (χ3v) is 37.4. The van der Waals surface area contributed by atoms with Gasteiger partial charge in [-0.05, 0) is 232 Å². The Morgan fingerprint density at radius 1 is 0.549 bits per heavy atom. The number of hydrogen-bond acceptors (Lipinski definition) is 22. The van der Waals surface area contributed by atoms with Crippen LogP contribution >= 0.6 is 60.5 Å². The molecule has 16 rings (SSSR count). The van der Waals surface area contributed by atoms with Crippen molar-refractivity contribution >= 4 is 161 Å². The van der Waals surface area contributed by atoms with Gasteiger partial charge in [0.1, 0.15) is 11.3 Å². The molecule has 26 nitrogen and oxygen atoms in total. The van der Waals surface area contributed by atoms with Gasteiger partial charge in [-0.25, -0.2) is 36.2 Å². The van der Waals surface area contributed by atoms with Crippen LogP contribution in [0.2, 0.25) is 10.0 Å². The van der Waals surface area contributed by atoms with E-state index in [9.17, 15) is 51.8 Å². The molecule has 133 heavy (non-hydrogen) atoms. The number of anilines is 2. The third-order valence-electron chi connectivity index (χ3n) is 27.1. The number of H-pyrrole nitrogens is 2. The molecule has 4 aromatic heterocycles. The summed E-state index contributed by atoms with van der Waals surface area (Å²) in [5.74, 6) is -1.70. The number of allylic oxidation sites excluding steroid dienone is 2. The quantitative estimate of drug-likeness (QED) is 0.0153. The van der Waals surface area contributed by atoms with Crippen LogP contribution in [0.25, 0.3) is 33.2 Å². The van der Waals surface area contributed by atoms with Gasteiger partial charge >= 0.3 is 0 Å². The second-order valence-corrected chi connectivity index (χ2v) is 53.1. The highest BCUT2D eigenvalue weighted by Gasteiger charge is 2.36. The van der Waals surface area contributed by atoms with Crippen molar-refractivity contribution in [2.24, 2.45) is 10.8 Å². The lowest BCUT2D eigenvalue weighted by Gasteiger charge is -2.39. The van der Waals surface area contributed by atoms with Crippen molar-refractivity contribution in [3.05, 3.63) is 245 Å². The minimum atomic E-state index is -4.54. The number of aromatic amines is 2. The average molecular weight is 1960 g/mol. The van der Waals surface area contributed by atoms with Crippen molar-refractivity contribution in [3.8, 4) is 0 Å². The minimum absolute atomic E-state index is 0.0587. The summed E-state index contributed by atoms with van der Waals surface area (Å²) < 4.78 is 65.5. The number of rotatable bonds is 31. The van der Waals surface area contributed by atoms with Gasteiger partial charge in [-0.3, -0.25) is 49.4 Å². The number of aliphatic hydroxyl groups is 1. The van der Waals surface area contributed by atoms with Crippen LogP contribution in [0.1, 0.15) is 122 Å². The first kappa shape index (κ1) is 98.6. The molecule has 0 saturated carbocycles. The molecule has 2 aliphatic carbocycles. The summed E-state index contributed by atoms with van der Waals surface area (Å²) in [6.07, 6.45) is 28.1. The number of aromatic nitrogens is 4. The second kappa shape index (κ2) is 42.4. The Balaban J connectivity index is 0.000000203. The summed E-state index contributed by atoms with van der Waals surface area (Å²) in [5, 5.41) is 38.2. The molecule has 8 heterocycles. The Morgan fingerprint density at radius 3 is 1.32 bits per heavy atom. The van der Waals surface area contributed by atoms with E-state index in [1.807, 2.05) is 79.0 Å². The average Bonchev–Trinajstić information content (AvgIpc) is 1.70. The smallest absolute Gasteiger partial charge is 0.273 e. The SMILES string of the molecule is C=P1(C)CCN(C(CCc2ccc(S(=O)(=O)NC(=O)c3ccc(N4CCN(CC5=C(c6ccc(Cl)cc6)CC(C)(C)CC5)CC4)cc3Sc3cnc4[nH]ccc4c3)cc2[N+](=O)[O-])COC)CC1.C=P1(C)CCN(C(CO)CCc2ccc(S(=O)(=O)NC(=O)c3ccc(N4CCN(CC5=C(c6ccc(Cl)cc6)CC(C)(C)CC5)CC4)cc3Sc3cnc4[nH]ccc4c3)cc2[N+](=O)[O-])CC1. The molecule has 0 bridgehead atoms. The van der Waals surface area contributed by atoms with E-state index in [0.717, 1.165) is 220 Å². The van der Waals surface area contributed by atoms with Gasteiger partial charge in [0.15, 0.2) is 0 Å². The van der Waals surface area contributed by atoms with Crippen LogP contribution < -0.4 is 19.2 Å². The summed E-state index contributed by atoms with van der Waals surface area (Å²) in [6.45, 7) is 23.7. The number of fused-ring (bicyclic) bond motifs is 2. The van der Waals surface area contributed by atoms with E-state index in [-0.39, 0.29) is 63.3 Å². The van der Waals surface area contributed by atoms with Gasteiger partial charge in [-0.1, -0.05) is 122 Å². The fourth-order valence-electron chi connectivity index (χ4n) is 18.9. The van der Waals surface area contributed by atoms with Crippen molar-refractivity contribution in [2.75, 3.05) is 160 Å². The number of piperazine rings is 2. The number of amides is 2. The summed E-state index contributed by atoms with van der Waals surface area (Å²) in [5.41, 5.74) is 12.4. The fourth-order valence-corrected chi connectivity index (χ4v) is 26.5. The molecule has 2 unspecified atom stereocenters. The third kappa shape index (κ3) is 25.1. The standard InChI is InChI=1S/C50H61ClN7O6PS2.C49H59ClN7O6PS2/c1-50(2)18-16-38(45(31-50)35-6-10-39(51)11-7-35)33-55-20-22-56(23-21-55)40-13-15-44(47(29-40)66-42-28-37-17-19-52-48(37)53-32-42)49(59)54-67(62,63)43-14-9-36(46(30-43)58(60)61)8-12-41(34-64-3)57-24-26-65(4,5)27-25-57;1-49(2)17-15-37(44(30-49)34-5-9-38(50)10-6-34)32-54-19-21-55(22-20-54)39-12-14-43(46(28-39)65-41-27-36-16-18-51-47(36)52-31-41)48(59)53-66(62,63)42-13-8-35(45(29-42)57(60)61)7-11-40(33-58)56-23-25-64(3,4)26-24-56/h6-7,9-11,13-15,17,19,28-30,32,41H,4,8,12,16,18,20-27,31,33-34H2,1-3,5H3,(H,52,53)(H,54,59);5-6,8-10,12-14,16,18,27-29,31,40,58H,3,7,11,15,17,19-26,30,32-33H2,1-2,4H3,(H,51,52)(H,53,59). The van der Waals surface area contributed by atoms with E-state index < -0.39 is 60.4 Å². The van der Waals surface area contributed by atoms with Crippen LogP contribution in [0.3, 0.4) is 0 Å². The Kier molecular flexibility index (Phi) is 31.4. The van der Waals surface area contributed by atoms with E-state index in [1.54, 1.807) is 37.8 Å². The van der Waals surface area contributed by atoms with Gasteiger partial charge < -0.3 is 29.6 Å². The van der Waals surface area contributed by atoms with Crippen molar-refractivity contribution in [1.29, 1.82) is 0 Å². The lowest BCUT2D eigenvalue weighted by Crippen LogP contribution is -2.47. The Hall–Kier alpha value is -8.94. The molecule has 706 valence electrons. The molecule has 4 saturated heterocycles. The monoisotopic (exact) mass is 1960 g/mol. The molecule has 2 amide bonds.